The summed E-state index contributed by atoms with van der Waals surface area (Å²) in [5.41, 5.74) is 6.66. The monoisotopic (exact) mass is 451 g/mol. The number of halogens is 2. The molecule has 3 aromatic rings. The Kier molecular flexibility index (Phi) is 7.24. The van der Waals surface area contributed by atoms with Gasteiger partial charge in [-0.25, -0.2) is 4.98 Å². The van der Waals surface area contributed by atoms with E-state index in [9.17, 15) is 18.4 Å². The van der Waals surface area contributed by atoms with Crippen molar-refractivity contribution in [1.82, 2.24) is 4.98 Å². The third-order valence-corrected chi connectivity index (χ3v) is 6.49. The number of nitrogens with one attached hydrogen (secondary N) is 1. The molecule has 0 unspecified atom stereocenters. The van der Waals surface area contributed by atoms with Crippen molar-refractivity contribution in [1.29, 1.82) is 0 Å². The number of alkyl halides is 2. The molecule has 0 saturated heterocycles. The SMILES string of the molecule is NC(=O)CSc1nc(-c2ccccc2)c(NC(=O)c2ccccc2SC(F)F)s1. The predicted molar refractivity (Wildman–Crippen MR) is 114 cm³/mol. The number of thiazole rings is 1. The molecule has 3 rings (SSSR count). The summed E-state index contributed by atoms with van der Waals surface area (Å²) in [7, 11) is 0. The lowest BCUT2D eigenvalue weighted by atomic mass is 10.1. The van der Waals surface area contributed by atoms with Crippen LogP contribution in [0.2, 0.25) is 0 Å². The molecule has 1 aromatic heterocycles. The van der Waals surface area contributed by atoms with Crippen molar-refractivity contribution in [3.05, 3.63) is 60.2 Å². The minimum Gasteiger partial charge on any atom is -0.369 e. The lowest BCUT2D eigenvalue weighted by Crippen LogP contribution is -2.13. The van der Waals surface area contributed by atoms with Gasteiger partial charge in [-0.3, -0.25) is 9.59 Å². The van der Waals surface area contributed by atoms with Crippen molar-refractivity contribution in [2.75, 3.05) is 11.1 Å². The molecule has 0 bridgehead atoms. The molecule has 1 heterocycles. The Morgan fingerprint density at radius 2 is 1.79 bits per heavy atom. The minimum absolute atomic E-state index is 0.0585. The number of nitrogens with two attached hydrogens (primary N) is 1. The van der Waals surface area contributed by atoms with E-state index in [1.807, 2.05) is 30.3 Å². The fourth-order valence-electron chi connectivity index (χ4n) is 2.39. The molecule has 3 N–H and O–H groups in total. The fraction of sp³-hybridized carbons (Fsp3) is 0.105. The highest BCUT2D eigenvalue weighted by Crippen LogP contribution is 2.38. The van der Waals surface area contributed by atoms with E-state index in [0.29, 0.717) is 26.8 Å². The van der Waals surface area contributed by atoms with Gasteiger partial charge in [-0.2, -0.15) is 8.78 Å². The van der Waals surface area contributed by atoms with E-state index < -0.39 is 17.6 Å². The number of rotatable bonds is 8. The number of hydrogen-bond donors (Lipinski definition) is 2. The molecule has 150 valence electrons. The molecule has 0 atom stereocenters. The van der Waals surface area contributed by atoms with Crippen LogP contribution < -0.4 is 11.1 Å². The van der Waals surface area contributed by atoms with Crippen LogP contribution in [-0.4, -0.2) is 28.3 Å². The second-order valence-electron chi connectivity index (χ2n) is 5.61. The van der Waals surface area contributed by atoms with Gasteiger partial charge in [0.1, 0.15) is 10.7 Å². The van der Waals surface area contributed by atoms with Gasteiger partial charge in [-0.05, 0) is 12.1 Å². The van der Waals surface area contributed by atoms with Crippen LogP contribution in [0.3, 0.4) is 0 Å². The Morgan fingerprint density at radius 3 is 2.48 bits per heavy atom. The highest BCUT2D eigenvalue weighted by atomic mass is 32.2. The van der Waals surface area contributed by atoms with Crippen molar-refractivity contribution in [2.24, 2.45) is 5.73 Å². The number of thioether (sulfide) groups is 2. The van der Waals surface area contributed by atoms with E-state index >= 15 is 0 Å². The standard InChI is InChI=1S/C19H15F2N3O2S3/c20-18(21)28-13-9-5-4-8-12(13)16(26)24-17-15(11-6-2-1-3-7-11)23-19(29-17)27-10-14(22)25/h1-9,18H,10H2,(H2,22,25)(H,24,26). The van der Waals surface area contributed by atoms with Crippen LogP contribution in [0, 0.1) is 0 Å². The van der Waals surface area contributed by atoms with Gasteiger partial charge >= 0.3 is 0 Å². The average molecular weight is 452 g/mol. The number of anilines is 1. The first-order chi connectivity index (χ1) is 13.9. The number of nitrogens with zero attached hydrogens (tertiary/aromatic N) is 1. The summed E-state index contributed by atoms with van der Waals surface area (Å²) in [6.07, 6.45) is 0. The molecule has 0 saturated carbocycles. The molecule has 0 fully saturated rings. The van der Waals surface area contributed by atoms with Gasteiger partial charge in [0, 0.05) is 10.5 Å². The van der Waals surface area contributed by atoms with E-state index in [0.717, 1.165) is 5.56 Å². The fourth-order valence-corrected chi connectivity index (χ4v) is 4.83. The van der Waals surface area contributed by atoms with Gasteiger partial charge in [-0.1, -0.05) is 77.3 Å². The summed E-state index contributed by atoms with van der Waals surface area (Å²) >= 11 is 2.69. The normalized spacial score (nSPS) is 10.9. The maximum atomic E-state index is 12.8. The van der Waals surface area contributed by atoms with E-state index in [1.54, 1.807) is 12.1 Å². The largest absolute Gasteiger partial charge is 0.369 e. The van der Waals surface area contributed by atoms with E-state index in [2.05, 4.69) is 10.3 Å². The Labute approximate surface area is 178 Å². The van der Waals surface area contributed by atoms with Crippen LogP contribution in [-0.2, 0) is 4.79 Å². The molecule has 2 aromatic carbocycles. The van der Waals surface area contributed by atoms with Crippen LogP contribution in [0.25, 0.3) is 11.3 Å². The smallest absolute Gasteiger partial charge is 0.288 e. The number of hydrogen-bond acceptors (Lipinski definition) is 6. The molecule has 29 heavy (non-hydrogen) atoms. The van der Waals surface area contributed by atoms with Crippen LogP contribution >= 0.6 is 34.9 Å². The molecular weight excluding hydrogens is 436 g/mol. The van der Waals surface area contributed by atoms with Gasteiger partial charge in [0.05, 0.1) is 11.3 Å². The van der Waals surface area contributed by atoms with Crippen molar-refractivity contribution in [3.8, 4) is 11.3 Å². The first-order valence-electron chi connectivity index (χ1n) is 8.26. The molecule has 0 spiro atoms. The van der Waals surface area contributed by atoms with Crippen LogP contribution in [0.15, 0.2) is 63.8 Å². The number of benzene rings is 2. The quantitative estimate of drug-likeness (QED) is 0.473. The zero-order valence-electron chi connectivity index (χ0n) is 14.8. The van der Waals surface area contributed by atoms with Crippen LogP contribution in [0.1, 0.15) is 10.4 Å². The van der Waals surface area contributed by atoms with Crippen molar-refractivity contribution < 1.29 is 18.4 Å². The third-order valence-electron chi connectivity index (χ3n) is 3.57. The van der Waals surface area contributed by atoms with Gasteiger partial charge in [0.15, 0.2) is 4.34 Å². The first kappa shape index (κ1) is 21.3. The summed E-state index contributed by atoms with van der Waals surface area (Å²) in [4.78, 5) is 28.6. The maximum absolute atomic E-state index is 12.8. The predicted octanol–water partition coefficient (Wildman–Crippen LogP) is 4.95. The zero-order chi connectivity index (χ0) is 20.8. The summed E-state index contributed by atoms with van der Waals surface area (Å²) < 4.78 is 26.2. The summed E-state index contributed by atoms with van der Waals surface area (Å²) in [6, 6.07) is 15.4. The topological polar surface area (TPSA) is 85.1 Å². The minimum atomic E-state index is -2.64. The number of primary amides is 1. The molecule has 0 aliphatic rings. The van der Waals surface area contributed by atoms with E-state index in [-0.39, 0.29) is 16.2 Å². The lowest BCUT2D eigenvalue weighted by molar-refractivity contribution is -0.115. The number of carbonyl (C=O) groups excluding carboxylic acids is 2. The summed E-state index contributed by atoms with van der Waals surface area (Å²) in [5.74, 6) is -3.57. The number of amides is 2. The van der Waals surface area contributed by atoms with Crippen molar-refractivity contribution >= 4 is 51.7 Å². The number of aromatic nitrogens is 1. The number of carbonyl (C=O) groups is 2. The summed E-state index contributed by atoms with van der Waals surface area (Å²) in [6.45, 7) is 0. The zero-order valence-corrected chi connectivity index (χ0v) is 17.3. The Bertz CT molecular complexity index is 1010. The third kappa shape index (κ3) is 5.78. The molecular formula is C19H15F2N3O2S3. The molecule has 0 radical (unpaired) electrons. The first-order valence-corrected chi connectivity index (χ1v) is 10.9. The van der Waals surface area contributed by atoms with Crippen molar-refractivity contribution in [2.45, 2.75) is 15.0 Å². The van der Waals surface area contributed by atoms with E-state index in [4.69, 9.17) is 5.73 Å². The van der Waals surface area contributed by atoms with Crippen LogP contribution in [0.4, 0.5) is 13.8 Å². The average Bonchev–Trinajstić information content (AvgIpc) is 3.09. The molecule has 0 aliphatic heterocycles. The van der Waals surface area contributed by atoms with Gasteiger partial charge < -0.3 is 11.1 Å². The van der Waals surface area contributed by atoms with Gasteiger partial charge in [0.25, 0.3) is 11.7 Å². The van der Waals surface area contributed by atoms with Crippen LogP contribution in [0.5, 0.6) is 0 Å². The second-order valence-corrected chi connectivity index (χ2v) is 8.86. The highest BCUT2D eigenvalue weighted by Gasteiger charge is 2.20. The molecule has 0 aliphatic carbocycles. The molecule has 10 heteroatoms. The van der Waals surface area contributed by atoms with Gasteiger partial charge in [0.2, 0.25) is 5.91 Å². The maximum Gasteiger partial charge on any atom is 0.288 e. The Hall–Kier alpha value is -2.43. The summed E-state index contributed by atoms with van der Waals surface area (Å²) in [5, 5.41) is 3.24. The van der Waals surface area contributed by atoms with E-state index in [1.165, 1.54) is 35.2 Å². The molecule has 5 nitrogen and oxygen atoms in total. The second kappa shape index (κ2) is 9.86. The lowest BCUT2D eigenvalue weighted by Gasteiger charge is -2.09. The molecule has 2 amide bonds. The highest BCUT2D eigenvalue weighted by molar-refractivity contribution is 8.01. The van der Waals surface area contributed by atoms with Crippen molar-refractivity contribution in [3.63, 3.8) is 0 Å². The Balaban J connectivity index is 1.91. The Morgan fingerprint density at radius 1 is 1.10 bits per heavy atom. The van der Waals surface area contributed by atoms with Gasteiger partial charge in [-0.15, -0.1) is 0 Å².